The van der Waals surface area contributed by atoms with Gasteiger partial charge in [0.2, 0.25) is 0 Å². The lowest BCUT2D eigenvalue weighted by Gasteiger charge is -2.02. The van der Waals surface area contributed by atoms with Crippen LogP contribution in [-0.4, -0.2) is 24.8 Å². The SMILES string of the molecule is C=O.C[C@H](/C=C/c1ccccc1)CC/C=C/N.O=CCCO. The van der Waals surface area contributed by atoms with Gasteiger partial charge in [0.1, 0.15) is 13.1 Å². The molecule has 0 unspecified atom stereocenters. The zero-order chi connectivity index (χ0) is 17.1. The molecule has 0 aliphatic heterocycles. The van der Waals surface area contributed by atoms with Crippen LogP contribution in [0, 0.1) is 5.92 Å². The molecule has 0 aliphatic carbocycles. The molecule has 0 amide bonds. The molecule has 0 spiro atoms. The summed E-state index contributed by atoms with van der Waals surface area (Å²) in [6, 6.07) is 10.4. The Morgan fingerprint density at radius 2 is 1.86 bits per heavy atom. The van der Waals surface area contributed by atoms with Gasteiger partial charge in [-0.05, 0) is 30.5 Å². The molecule has 122 valence electrons. The molecule has 0 aliphatic rings. The summed E-state index contributed by atoms with van der Waals surface area (Å²) in [4.78, 5) is 17.2. The van der Waals surface area contributed by atoms with E-state index in [2.05, 4.69) is 43.3 Å². The minimum absolute atomic E-state index is 0.0243. The second-order valence-electron chi connectivity index (χ2n) is 4.43. The van der Waals surface area contributed by atoms with Crippen molar-refractivity contribution < 1.29 is 14.7 Å². The Morgan fingerprint density at radius 3 is 2.32 bits per heavy atom. The number of hydrogen-bond acceptors (Lipinski definition) is 4. The highest BCUT2D eigenvalue weighted by Crippen LogP contribution is 2.10. The zero-order valence-electron chi connectivity index (χ0n) is 13.2. The van der Waals surface area contributed by atoms with Crippen LogP contribution in [0.25, 0.3) is 6.08 Å². The van der Waals surface area contributed by atoms with E-state index in [1.165, 1.54) is 5.56 Å². The number of benzene rings is 1. The van der Waals surface area contributed by atoms with Gasteiger partial charge in [-0.15, -0.1) is 0 Å². The summed E-state index contributed by atoms with van der Waals surface area (Å²) in [5.74, 6) is 0.599. The van der Waals surface area contributed by atoms with Crippen molar-refractivity contribution in [1.29, 1.82) is 0 Å². The van der Waals surface area contributed by atoms with Gasteiger partial charge in [-0.3, -0.25) is 0 Å². The van der Waals surface area contributed by atoms with Gasteiger partial charge < -0.3 is 20.4 Å². The average molecular weight is 305 g/mol. The lowest BCUT2D eigenvalue weighted by molar-refractivity contribution is -0.108. The monoisotopic (exact) mass is 305 g/mol. The summed E-state index contributed by atoms with van der Waals surface area (Å²) >= 11 is 0. The van der Waals surface area contributed by atoms with Crippen molar-refractivity contribution in [3.8, 4) is 0 Å². The third-order valence-electron chi connectivity index (χ3n) is 2.59. The number of aldehydes is 1. The first-order chi connectivity index (χ1) is 10.7. The number of carbonyl (C=O) groups is 2. The van der Waals surface area contributed by atoms with Crippen molar-refractivity contribution in [3.63, 3.8) is 0 Å². The lowest BCUT2D eigenvalue weighted by atomic mass is 10.0. The van der Waals surface area contributed by atoms with Gasteiger partial charge in [0.15, 0.2) is 0 Å². The van der Waals surface area contributed by atoms with Gasteiger partial charge in [0.25, 0.3) is 0 Å². The number of hydrogen-bond donors (Lipinski definition) is 2. The normalized spacial score (nSPS) is 11.2. The molecule has 3 N–H and O–H groups in total. The maximum Gasteiger partial charge on any atom is 0.122 e. The fraction of sp³-hybridized carbons (Fsp3) is 0.333. The van der Waals surface area contributed by atoms with E-state index in [4.69, 9.17) is 15.6 Å². The maximum absolute atomic E-state index is 9.24. The molecule has 0 saturated heterocycles. The number of aliphatic hydroxyl groups excluding tert-OH is 1. The van der Waals surface area contributed by atoms with Crippen LogP contribution in [0.3, 0.4) is 0 Å². The fourth-order valence-electron chi connectivity index (χ4n) is 1.44. The fourth-order valence-corrected chi connectivity index (χ4v) is 1.44. The Labute approximate surface area is 133 Å². The Morgan fingerprint density at radius 1 is 1.23 bits per heavy atom. The smallest absolute Gasteiger partial charge is 0.122 e. The predicted molar refractivity (Wildman–Crippen MR) is 92.1 cm³/mol. The minimum Gasteiger partial charge on any atom is -0.405 e. The van der Waals surface area contributed by atoms with Crippen LogP contribution in [0.1, 0.15) is 31.7 Å². The largest absolute Gasteiger partial charge is 0.405 e. The molecule has 0 aromatic heterocycles. The standard InChI is InChI=1S/C14H19N.C3H6O2.CH2O/c1-13(7-5-6-12-15)10-11-14-8-3-2-4-9-14;4-2-1-3-5;1-2/h2-4,6,8-13H,5,7,15H2,1H3;2,5H,1,3H2;1H2/b11-10+,12-6+;;/t13-;;/m0../s1. The average Bonchev–Trinajstić information content (AvgIpc) is 2.57. The molecule has 0 bridgehead atoms. The molecule has 0 fully saturated rings. The highest BCUT2D eigenvalue weighted by atomic mass is 16.3. The van der Waals surface area contributed by atoms with Crippen molar-refractivity contribution in [2.75, 3.05) is 6.61 Å². The van der Waals surface area contributed by atoms with E-state index in [-0.39, 0.29) is 13.0 Å². The van der Waals surface area contributed by atoms with Crippen LogP contribution in [0.2, 0.25) is 0 Å². The Bertz CT molecular complexity index is 402. The number of aliphatic hydroxyl groups is 1. The molecule has 1 aromatic carbocycles. The maximum atomic E-state index is 9.24. The van der Waals surface area contributed by atoms with Crippen molar-refractivity contribution in [2.45, 2.75) is 26.2 Å². The second kappa shape index (κ2) is 18.8. The van der Waals surface area contributed by atoms with E-state index in [0.29, 0.717) is 12.2 Å². The van der Waals surface area contributed by atoms with Crippen LogP contribution in [0.4, 0.5) is 0 Å². The second-order valence-corrected chi connectivity index (χ2v) is 4.43. The molecule has 0 radical (unpaired) electrons. The first kappa shape index (κ1) is 22.1. The molecular formula is C18H27NO3. The van der Waals surface area contributed by atoms with E-state index in [0.717, 1.165) is 12.8 Å². The Balaban J connectivity index is 0. The van der Waals surface area contributed by atoms with Gasteiger partial charge in [-0.1, -0.05) is 55.5 Å². The minimum atomic E-state index is -0.0243. The molecule has 4 nitrogen and oxygen atoms in total. The quantitative estimate of drug-likeness (QED) is 0.759. The number of nitrogens with two attached hydrogens (primary N) is 1. The molecular weight excluding hydrogens is 278 g/mol. The number of rotatable bonds is 7. The molecule has 22 heavy (non-hydrogen) atoms. The summed E-state index contributed by atoms with van der Waals surface area (Å²) in [6.07, 6.45) is 11.2. The summed E-state index contributed by atoms with van der Waals surface area (Å²) in [5.41, 5.74) is 6.54. The molecule has 0 saturated carbocycles. The van der Waals surface area contributed by atoms with Crippen molar-refractivity contribution in [1.82, 2.24) is 0 Å². The van der Waals surface area contributed by atoms with Crippen LogP contribution in [-0.2, 0) is 9.59 Å². The third kappa shape index (κ3) is 15.9. The summed E-state index contributed by atoms with van der Waals surface area (Å²) in [5, 5.41) is 7.84. The highest BCUT2D eigenvalue weighted by molar-refractivity contribution is 5.49. The number of carbonyl (C=O) groups excluding carboxylic acids is 2. The van der Waals surface area contributed by atoms with Gasteiger partial charge in [-0.25, -0.2) is 0 Å². The molecule has 1 rings (SSSR count). The Kier molecular flexibility index (Phi) is 18.9. The Hall–Kier alpha value is -2.20. The van der Waals surface area contributed by atoms with Crippen LogP contribution >= 0.6 is 0 Å². The molecule has 0 heterocycles. The van der Waals surface area contributed by atoms with Gasteiger partial charge in [0, 0.05) is 13.0 Å². The van der Waals surface area contributed by atoms with Crippen molar-refractivity contribution in [3.05, 3.63) is 54.2 Å². The summed E-state index contributed by atoms with van der Waals surface area (Å²) in [7, 11) is 0. The first-order valence-corrected chi connectivity index (χ1v) is 7.18. The van der Waals surface area contributed by atoms with Gasteiger partial charge >= 0.3 is 0 Å². The van der Waals surface area contributed by atoms with Crippen molar-refractivity contribution in [2.24, 2.45) is 11.7 Å². The molecule has 4 heteroatoms. The number of allylic oxidation sites excluding steroid dienone is 2. The predicted octanol–water partition coefficient (Wildman–Crippen LogP) is 2.97. The van der Waals surface area contributed by atoms with Crippen LogP contribution < -0.4 is 5.73 Å². The molecule has 1 aromatic rings. The van der Waals surface area contributed by atoms with E-state index in [1.807, 2.05) is 18.9 Å². The zero-order valence-corrected chi connectivity index (χ0v) is 13.2. The van der Waals surface area contributed by atoms with Crippen LogP contribution in [0.5, 0.6) is 0 Å². The van der Waals surface area contributed by atoms with E-state index in [9.17, 15) is 4.79 Å². The third-order valence-corrected chi connectivity index (χ3v) is 2.59. The summed E-state index contributed by atoms with van der Waals surface area (Å²) in [6.45, 7) is 4.20. The van der Waals surface area contributed by atoms with Crippen molar-refractivity contribution >= 4 is 19.2 Å². The van der Waals surface area contributed by atoms with E-state index < -0.39 is 0 Å². The lowest BCUT2D eigenvalue weighted by Crippen LogP contribution is -1.88. The first-order valence-electron chi connectivity index (χ1n) is 7.18. The molecule has 1 atom stereocenters. The topological polar surface area (TPSA) is 80.4 Å². The van der Waals surface area contributed by atoms with Gasteiger partial charge in [-0.2, -0.15) is 0 Å². The van der Waals surface area contributed by atoms with E-state index in [1.54, 1.807) is 6.20 Å². The van der Waals surface area contributed by atoms with Gasteiger partial charge in [0.05, 0.1) is 0 Å². The summed E-state index contributed by atoms with van der Waals surface area (Å²) < 4.78 is 0. The van der Waals surface area contributed by atoms with Crippen LogP contribution in [0.15, 0.2) is 48.7 Å². The van der Waals surface area contributed by atoms with E-state index >= 15 is 0 Å². The highest BCUT2D eigenvalue weighted by Gasteiger charge is 1.94.